The Labute approximate surface area is 113 Å². The van der Waals surface area contributed by atoms with Crippen LogP contribution in [-0.2, 0) is 28.6 Å². The van der Waals surface area contributed by atoms with Crippen molar-refractivity contribution in [1.29, 1.82) is 0 Å². The summed E-state index contributed by atoms with van der Waals surface area (Å²) >= 11 is 0. The first-order chi connectivity index (χ1) is 8.97. The number of esters is 3. The maximum absolute atomic E-state index is 11.8. The van der Waals surface area contributed by atoms with Crippen LogP contribution in [-0.4, -0.2) is 37.7 Å². The van der Waals surface area contributed by atoms with E-state index in [1.807, 2.05) is 0 Å². The summed E-state index contributed by atoms with van der Waals surface area (Å²) in [6, 6.07) is 0. The highest BCUT2D eigenvalue weighted by Crippen LogP contribution is 2.20. The molecule has 0 fully saturated rings. The van der Waals surface area contributed by atoms with Crippen LogP contribution in [0.15, 0.2) is 0 Å². The van der Waals surface area contributed by atoms with Crippen LogP contribution in [0.4, 0.5) is 0 Å². The zero-order valence-electron chi connectivity index (χ0n) is 11.9. The van der Waals surface area contributed by atoms with Crippen molar-refractivity contribution in [2.24, 2.45) is 11.8 Å². The van der Waals surface area contributed by atoms with Gasteiger partial charge in [-0.3, -0.25) is 14.4 Å². The second-order valence-electron chi connectivity index (χ2n) is 3.91. The minimum atomic E-state index is -0.877. The molecule has 6 nitrogen and oxygen atoms in total. The number of carbonyl (C=O) groups is 3. The molecule has 0 aliphatic carbocycles. The molecule has 2 atom stereocenters. The fourth-order valence-corrected chi connectivity index (χ4v) is 1.55. The van der Waals surface area contributed by atoms with Gasteiger partial charge in [-0.25, -0.2) is 0 Å². The van der Waals surface area contributed by atoms with Crippen molar-refractivity contribution in [2.75, 3.05) is 19.8 Å². The molecule has 0 radical (unpaired) electrons. The monoisotopic (exact) mass is 274 g/mol. The van der Waals surface area contributed by atoms with Gasteiger partial charge >= 0.3 is 17.9 Å². The van der Waals surface area contributed by atoms with Gasteiger partial charge in [0.05, 0.1) is 38.1 Å². The maximum atomic E-state index is 11.8. The van der Waals surface area contributed by atoms with E-state index in [-0.39, 0.29) is 26.2 Å². The van der Waals surface area contributed by atoms with Gasteiger partial charge in [-0.1, -0.05) is 6.92 Å². The SMILES string of the molecule is CCOC(=O)C[C@H](C(=O)OCC)[C@@H](C)C(=O)OCC. The van der Waals surface area contributed by atoms with Gasteiger partial charge in [0.15, 0.2) is 0 Å². The number of hydrogen-bond acceptors (Lipinski definition) is 6. The zero-order valence-corrected chi connectivity index (χ0v) is 11.9. The Kier molecular flexibility index (Phi) is 8.57. The normalized spacial score (nSPS) is 13.3. The quantitative estimate of drug-likeness (QED) is 0.490. The fourth-order valence-electron chi connectivity index (χ4n) is 1.55. The van der Waals surface area contributed by atoms with Gasteiger partial charge in [-0.2, -0.15) is 0 Å². The highest BCUT2D eigenvalue weighted by molar-refractivity contribution is 5.85. The van der Waals surface area contributed by atoms with E-state index in [0.717, 1.165) is 0 Å². The largest absolute Gasteiger partial charge is 0.466 e. The highest BCUT2D eigenvalue weighted by atomic mass is 16.5. The van der Waals surface area contributed by atoms with E-state index in [1.165, 1.54) is 0 Å². The summed E-state index contributed by atoms with van der Waals surface area (Å²) in [5.41, 5.74) is 0. The van der Waals surface area contributed by atoms with Crippen LogP contribution in [0, 0.1) is 11.8 Å². The molecule has 0 aliphatic heterocycles. The summed E-state index contributed by atoms with van der Waals surface area (Å²) in [7, 11) is 0. The maximum Gasteiger partial charge on any atom is 0.310 e. The van der Waals surface area contributed by atoms with Crippen molar-refractivity contribution in [1.82, 2.24) is 0 Å². The number of ether oxygens (including phenoxy) is 3. The second kappa shape index (κ2) is 9.35. The molecule has 0 aliphatic rings. The van der Waals surface area contributed by atoms with Crippen LogP contribution in [0.2, 0.25) is 0 Å². The first-order valence-corrected chi connectivity index (χ1v) is 6.46. The molecule has 110 valence electrons. The minimum Gasteiger partial charge on any atom is -0.466 e. The Morgan fingerprint density at radius 3 is 1.79 bits per heavy atom. The zero-order chi connectivity index (χ0) is 14.8. The lowest BCUT2D eigenvalue weighted by molar-refractivity contribution is -0.163. The van der Waals surface area contributed by atoms with E-state index >= 15 is 0 Å². The third kappa shape index (κ3) is 6.22. The van der Waals surface area contributed by atoms with Crippen LogP contribution in [0.1, 0.15) is 34.1 Å². The van der Waals surface area contributed by atoms with Gasteiger partial charge in [0, 0.05) is 0 Å². The molecule has 0 aromatic heterocycles. The average molecular weight is 274 g/mol. The molecule has 0 amide bonds. The third-order valence-electron chi connectivity index (χ3n) is 2.54. The number of hydrogen-bond donors (Lipinski definition) is 0. The molecule has 0 saturated heterocycles. The molecular weight excluding hydrogens is 252 g/mol. The first kappa shape index (κ1) is 17.4. The Bertz CT molecular complexity index is 312. The molecule has 19 heavy (non-hydrogen) atoms. The van der Waals surface area contributed by atoms with Gasteiger partial charge < -0.3 is 14.2 Å². The van der Waals surface area contributed by atoms with Gasteiger partial charge in [-0.15, -0.1) is 0 Å². The molecule has 0 spiro atoms. The molecule has 0 saturated carbocycles. The molecule has 0 unspecified atom stereocenters. The lowest BCUT2D eigenvalue weighted by atomic mass is 9.91. The van der Waals surface area contributed by atoms with Crippen molar-refractivity contribution in [3.63, 3.8) is 0 Å². The standard InChI is InChI=1S/C13H22O6/c1-5-17-11(14)8-10(13(16)19-7-3)9(4)12(15)18-6-2/h9-10H,5-8H2,1-4H3/t9-,10+/m1/s1. The summed E-state index contributed by atoms with van der Waals surface area (Å²) in [6.45, 7) is 7.18. The van der Waals surface area contributed by atoms with Crippen LogP contribution in [0.5, 0.6) is 0 Å². The van der Waals surface area contributed by atoms with Crippen molar-refractivity contribution in [3.8, 4) is 0 Å². The Hall–Kier alpha value is -1.59. The molecule has 0 aromatic carbocycles. The Morgan fingerprint density at radius 2 is 1.32 bits per heavy atom. The van der Waals surface area contributed by atoms with E-state index in [1.54, 1.807) is 27.7 Å². The van der Waals surface area contributed by atoms with Gasteiger partial charge in [0.2, 0.25) is 0 Å². The van der Waals surface area contributed by atoms with Crippen molar-refractivity contribution in [3.05, 3.63) is 0 Å². The second-order valence-corrected chi connectivity index (χ2v) is 3.91. The smallest absolute Gasteiger partial charge is 0.310 e. The predicted octanol–water partition coefficient (Wildman–Crippen LogP) is 1.32. The molecule has 6 heteroatoms. The minimum absolute atomic E-state index is 0.188. The lowest BCUT2D eigenvalue weighted by Crippen LogP contribution is -2.33. The Balaban J connectivity index is 4.79. The van der Waals surface area contributed by atoms with E-state index in [2.05, 4.69) is 0 Å². The van der Waals surface area contributed by atoms with Crippen LogP contribution in [0.25, 0.3) is 0 Å². The molecule has 0 aromatic rings. The summed E-state index contributed by atoms with van der Waals surface area (Å²) in [6.07, 6.45) is -0.188. The molecule has 0 heterocycles. The van der Waals surface area contributed by atoms with Gasteiger partial charge in [0.25, 0.3) is 0 Å². The van der Waals surface area contributed by atoms with E-state index in [4.69, 9.17) is 14.2 Å². The van der Waals surface area contributed by atoms with Crippen LogP contribution in [0.3, 0.4) is 0 Å². The van der Waals surface area contributed by atoms with E-state index < -0.39 is 29.7 Å². The van der Waals surface area contributed by atoms with Crippen LogP contribution < -0.4 is 0 Å². The summed E-state index contributed by atoms with van der Waals surface area (Å²) in [5, 5.41) is 0. The number of carbonyl (C=O) groups excluding carboxylic acids is 3. The van der Waals surface area contributed by atoms with Crippen molar-refractivity contribution in [2.45, 2.75) is 34.1 Å². The summed E-state index contributed by atoms with van der Waals surface area (Å²) in [4.78, 5) is 34.9. The topological polar surface area (TPSA) is 78.9 Å². The fraction of sp³-hybridized carbons (Fsp3) is 0.769. The van der Waals surface area contributed by atoms with Crippen molar-refractivity contribution < 1.29 is 28.6 Å². The third-order valence-corrected chi connectivity index (χ3v) is 2.54. The van der Waals surface area contributed by atoms with Crippen LogP contribution >= 0.6 is 0 Å². The van der Waals surface area contributed by atoms with E-state index in [0.29, 0.717) is 0 Å². The van der Waals surface area contributed by atoms with Gasteiger partial charge in [-0.05, 0) is 20.8 Å². The average Bonchev–Trinajstić information content (AvgIpc) is 2.36. The van der Waals surface area contributed by atoms with Gasteiger partial charge in [0.1, 0.15) is 0 Å². The number of rotatable bonds is 8. The Morgan fingerprint density at radius 1 is 0.842 bits per heavy atom. The molecular formula is C13H22O6. The highest BCUT2D eigenvalue weighted by Gasteiger charge is 2.34. The first-order valence-electron chi connectivity index (χ1n) is 6.46. The molecule has 0 N–H and O–H groups in total. The lowest BCUT2D eigenvalue weighted by Gasteiger charge is -2.20. The molecule has 0 rings (SSSR count). The predicted molar refractivity (Wildman–Crippen MR) is 67.2 cm³/mol. The van der Waals surface area contributed by atoms with Crippen molar-refractivity contribution >= 4 is 17.9 Å². The summed E-state index contributed by atoms with van der Waals surface area (Å²) in [5.74, 6) is -3.26. The van der Waals surface area contributed by atoms with E-state index in [9.17, 15) is 14.4 Å². The summed E-state index contributed by atoms with van der Waals surface area (Å²) < 4.78 is 14.5. The molecule has 0 bridgehead atoms.